The van der Waals surface area contributed by atoms with Gasteiger partial charge in [-0.3, -0.25) is 9.59 Å². The normalized spacial score (nSPS) is 10.7. The van der Waals surface area contributed by atoms with Gasteiger partial charge in [0.2, 0.25) is 5.91 Å². The predicted molar refractivity (Wildman–Crippen MR) is 99.8 cm³/mol. The summed E-state index contributed by atoms with van der Waals surface area (Å²) in [6, 6.07) is 11.6. The highest BCUT2D eigenvalue weighted by molar-refractivity contribution is 5.95. The van der Waals surface area contributed by atoms with Crippen molar-refractivity contribution in [1.82, 2.24) is 20.0 Å². The highest BCUT2D eigenvalue weighted by Crippen LogP contribution is 2.07. The summed E-state index contributed by atoms with van der Waals surface area (Å²) in [4.78, 5) is 27.7. The largest absolute Gasteiger partial charge is 0.352 e. The van der Waals surface area contributed by atoms with Crippen LogP contribution in [0.25, 0.3) is 5.65 Å². The molecule has 0 saturated heterocycles. The average Bonchev–Trinajstić information content (AvgIpc) is 3.14. The van der Waals surface area contributed by atoms with Gasteiger partial charge in [-0.25, -0.2) is 4.98 Å². The van der Waals surface area contributed by atoms with Crippen LogP contribution in [0.1, 0.15) is 34.8 Å². The maximum atomic E-state index is 12.2. The molecule has 2 aromatic heterocycles. The van der Waals surface area contributed by atoms with Crippen LogP contribution in [0.15, 0.2) is 55.0 Å². The molecule has 0 saturated carbocycles. The van der Waals surface area contributed by atoms with Gasteiger partial charge in [0.15, 0.2) is 0 Å². The second-order valence-corrected chi connectivity index (χ2v) is 6.06. The van der Waals surface area contributed by atoms with Crippen LogP contribution in [-0.4, -0.2) is 27.7 Å². The second kappa shape index (κ2) is 8.29. The lowest BCUT2D eigenvalue weighted by Gasteiger charge is -2.07. The third-order valence-electron chi connectivity index (χ3n) is 4.19. The quantitative estimate of drug-likeness (QED) is 0.687. The Morgan fingerprint density at radius 2 is 1.81 bits per heavy atom. The summed E-state index contributed by atoms with van der Waals surface area (Å²) >= 11 is 0. The molecule has 0 atom stereocenters. The van der Waals surface area contributed by atoms with E-state index in [1.165, 1.54) is 0 Å². The Labute approximate surface area is 152 Å². The number of hydrogen-bond donors (Lipinski definition) is 2. The monoisotopic (exact) mass is 350 g/mol. The summed E-state index contributed by atoms with van der Waals surface area (Å²) < 4.78 is 1.86. The number of amides is 2. The number of nitrogens with one attached hydrogen (secondary N) is 2. The topological polar surface area (TPSA) is 75.5 Å². The number of imidazole rings is 1. The van der Waals surface area contributed by atoms with Gasteiger partial charge in [0, 0.05) is 43.7 Å². The SMILES string of the molecule is CCC(=O)NCc1ccc(CCNC(=O)c2ccn3ccnc3c2)cc1. The molecular formula is C20H22N4O2. The smallest absolute Gasteiger partial charge is 0.251 e. The fraction of sp³-hybridized carbons (Fsp3) is 0.250. The second-order valence-electron chi connectivity index (χ2n) is 6.06. The first-order valence-electron chi connectivity index (χ1n) is 8.71. The van der Waals surface area contributed by atoms with E-state index in [9.17, 15) is 9.59 Å². The molecule has 0 radical (unpaired) electrons. The number of aromatic nitrogens is 2. The minimum atomic E-state index is -0.102. The Kier molecular flexibility index (Phi) is 5.63. The Morgan fingerprint density at radius 3 is 2.58 bits per heavy atom. The van der Waals surface area contributed by atoms with Crippen LogP contribution in [0, 0.1) is 0 Å². The first kappa shape index (κ1) is 17.7. The van der Waals surface area contributed by atoms with Crippen molar-refractivity contribution in [3.05, 3.63) is 71.7 Å². The Morgan fingerprint density at radius 1 is 1.04 bits per heavy atom. The molecule has 2 heterocycles. The van der Waals surface area contributed by atoms with Crippen molar-refractivity contribution in [2.75, 3.05) is 6.54 Å². The molecule has 0 unspecified atom stereocenters. The van der Waals surface area contributed by atoms with Crippen molar-refractivity contribution in [2.24, 2.45) is 0 Å². The molecule has 1 aromatic carbocycles. The average molecular weight is 350 g/mol. The Balaban J connectivity index is 1.48. The van der Waals surface area contributed by atoms with Gasteiger partial charge in [-0.15, -0.1) is 0 Å². The van der Waals surface area contributed by atoms with Crippen LogP contribution in [0.4, 0.5) is 0 Å². The van der Waals surface area contributed by atoms with E-state index < -0.39 is 0 Å². The Bertz CT molecular complexity index is 900. The molecule has 6 heteroatoms. The van der Waals surface area contributed by atoms with Gasteiger partial charge >= 0.3 is 0 Å². The molecule has 6 nitrogen and oxygen atoms in total. The van der Waals surface area contributed by atoms with Crippen molar-refractivity contribution in [3.63, 3.8) is 0 Å². The summed E-state index contributed by atoms with van der Waals surface area (Å²) in [5, 5.41) is 5.79. The molecule has 0 bridgehead atoms. The van der Waals surface area contributed by atoms with Crippen LogP contribution in [0.2, 0.25) is 0 Å². The minimum absolute atomic E-state index is 0.0466. The standard InChI is InChI=1S/C20H22N4O2/c1-2-19(25)23-14-16-5-3-15(4-6-16)7-9-22-20(26)17-8-11-24-12-10-21-18(24)13-17/h3-6,8,10-13H,2,7,9,14H2,1H3,(H,22,26)(H,23,25). The van der Waals surface area contributed by atoms with Gasteiger partial charge in [-0.1, -0.05) is 31.2 Å². The van der Waals surface area contributed by atoms with Crippen LogP contribution in [0.5, 0.6) is 0 Å². The highest BCUT2D eigenvalue weighted by atomic mass is 16.2. The molecule has 0 spiro atoms. The summed E-state index contributed by atoms with van der Waals surface area (Å²) in [6.07, 6.45) is 6.61. The zero-order valence-electron chi connectivity index (χ0n) is 14.7. The van der Waals surface area contributed by atoms with Crippen molar-refractivity contribution < 1.29 is 9.59 Å². The van der Waals surface area contributed by atoms with Crippen molar-refractivity contribution >= 4 is 17.5 Å². The van der Waals surface area contributed by atoms with Crippen LogP contribution >= 0.6 is 0 Å². The molecule has 0 aliphatic rings. The number of carbonyl (C=O) groups is 2. The van der Waals surface area contributed by atoms with Gasteiger partial charge in [-0.05, 0) is 29.7 Å². The number of benzene rings is 1. The third-order valence-corrected chi connectivity index (χ3v) is 4.19. The fourth-order valence-corrected chi connectivity index (χ4v) is 2.62. The summed E-state index contributed by atoms with van der Waals surface area (Å²) in [5.41, 5.74) is 3.56. The summed E-state index contributed by atoms with van der Waals surface area (Å²) in [5.74, 6) is -0.0558. The lowest BCUT2D eigenvalue weighted by Crippen LogP contribution is -2.25. The molecule has 26 heavy (non-hydrogen) atoms. The van der Waals surface area contributed by atoms with E-state index in [4.69, 9.17) is 0 Å². The molecule has 0 aliphatic heterocycles. The third kappa shape index (κ3) is 4.47. The molecule has 3 rings (SSSR count). The molecule has 3 aromatic rings. The Hall–Kier alpha value is -3.15. The van der Waals surface area contributed by atoms with E-state index in [1.54, 1.807) is 18.3 Å². The van der Waals surface area contributed by atoms with Crippen LogP contribution < -0.4 is 10.6 Å². The van der Waals surface area contributed by atoms with Crippen LogP contribution in [-0.2, 0) is 17.8 Å². The molecule has 2 N–H and O–H groups in total. The number of carbonyl (C=O) groups excluding carboxylic acids is 2. The maximum absolute atomic E-state index is 12.2. The zero-order valence-corrected chi connectivity index (χ0v) is 14.7. The van der Waals surface area contributed by atoms with E-state index >= 15 is 0 Å². The highest BCUT2D eigenvalue weighted by Gasteiger charge is 2.06. The van der Waals surface area contributed by atoms with Crippen molar-refractivity contribution in [2.45, 2.75) is 26.3 Å². The van der Waals surface area contributed by atoms with Crippen molar-refractivity contribution in [3.8, 4) is 0 Å². The van der Waals surface area contributed by atoms with E-state index in [0.717, 1.165) is 23.2 Å². The first-order valence-corrected chi connectivity index (χ1v) is 8.71. The lowest BCUT2D eigenvalue weighted by atomic mass is 10.1. The first-order chi connectivity index (χ1) is 12.7. The number of hydrogen-bond acceptors (Lipinski definition) is 3. The molecule has 0 fully saturated rings. The summed E-state index contributed by atoms with van der Waals surface area (Å²) in [6.45, 7) is 2.93. The van der Waals surface area contributed by atoms with Gasteiger partial charge in [0.25, 0.3) is 5.91 Å². The summed E-state index contributed by atoms with van der Waals surface area (Å²) in [7, 11) is 0. The number of pyridine rings is 1. The lowest BCUT2D eigenvalue weighted by molar-refractivity contribution is -0.120. The van der Waals surface area contributed by atoms with E-state index in [1.807, 2.05) is 48.0 Å². The maximum Gasteiger partial charge on any atom is 0.251 e. The zero-order chi connectivity index (χ0) is 18.4. The van der Waals surface area contributed by atoms with E-state index in [0.29, 0.717) is 25.1 Å². The number of rotatable bonds is 7. The van der Waals surface area contributed by atoms with Crippen molar-refractivity contribution in [1.29, 1.82) is 0 Å². The van der Waals surface area contributed by atoms with E-state index in [-0.39, 0.29) is 11.8 Å². The number of fused-ring (bicyclic) bond motifs is 1. The molecule has 134 valence electrons. The minimum Gasteiger partial charge on any atom is -0.352 e. The fourth-order valence-electron chi connectivity index (χ4n) is 2.62. The van der Waals surface area contributed by atoms with Crippen LogP contribution in [0.3, 0.4) is 0 Å². The van der Waals surface area contributed by atoms with Gasteiger partial charge in [-0.2, -0.15) is 0 Å². The molecular weight excluding hydrogens is 328 g/mol. The molecule has 2 amide bonds. The number of nitrogens with zero attached hydrogens (tertiary/aromatic N) is 2. The van der Waals surface area contributed by atoms with Gasteiger partial charge < -0.3 is 15.0 Å². The molecule has 0 aliphatic carbocycles. The van der Waals surface area contributed by atoms with Gasteiger partial charge in [0.05, 0.1) is 0 Å². The predicted octanol–water partition coefficient (Wildman–Crippen LogP) is 2.33. The van der Waals surface area contributed by atoms with Gasteiger partial charge in [0.1, 0.15) is 5.65 Å². The van der Waals surface area contributed by atoms with E-state index in [2.05, 4.69) is 15.6 Å².